The number of nitrogens with zero attached hydrogens (tertiary/aromatic N) is 2. The molecule has 0 aliphatic heterocycles. The van der Waals surface area contributed by atoms with E-state index in [1.807, 2.05) is 25.3 Å². The normalized spacial score (nSPS) is 12.7. The molecule has 0 aliphatic rings. The molecule has 0 saturated carbocycles. The maximum absolute atomic E-state index is 10.0. The molecule has 0 radical (unpaired) electrons. The molecular weight excluding hydrogens is 220 g/mol. The maximum Gasteiger partial charge on any atom is 0.0957 e. The van der Waals surface area contributed by atoms with Crippen molar-refractivity contribution in [2.45, 2.75) is 26.4 Å². The van der Waals surface area contributed by atoms with Gasteiger partial charge in [-0.3, -0.25) is 4.98 Å². The zero-order valence-corrected chi connectivity index (χ0v) is 10.2. The molecule has 3 nitrogen and oxygen atoms in total. The first-order valence-electron chi connectivity index (χ1n) is 5.16. The number of thiazole rings is 1. The third-order valence-corrected chi connectivity index (χ3v) is 3.30. The van der Waals surface area contributed by atoms with Crippen molar-refractivity contribution in [3.05, 3.63) is 45.7 Å². The van der Waals surface area contributed by atoms with Crippen molar-refractivity contribution >= 4 is 11.3 Å². The first-order valence-corrected chi connectivity index (χ1v) is 6.04. The second-order valence-corrected chi connectivity index (χ2v) is 4.84. The lowest BCUT2D eigenvalue weighted by Crippen LogP contribution is -2.02. The molecule has 0 fully saturated rings. The fourth-order valence-electron chi connectivity index (χ4n) is 1.54. The molecule has 2 heterocycles. The number of hydrogen-bond acceptors (Lipinski definition) is 4. The Bertz CT molecular complexity index is 481. The van der Waals surface area contributed by atoms with Gasteiger partial charge in [0.05, 0.1) is 11.1 Å². The molecular formula is C12H14N2OS. The number of aliphatic hydroxyl groups is 1. The van der Waals surface area contributed by atoms with E-state index in [0.29, 0.717) is 6.42 Å². The third-order valence-electron chi connectivity index (χ3n) is 2.32. The van der Waals surface area contributed by atoms with Crippen molar-refractivity contribution in [2.75, 3.05) is 0 Å². The molecule has 0 saturated heterocycles. The molecule has 2 aromatic heterocycles. The minimum absolute atomic E-state index is 0.516. The topological polar surface area (TPSA) is 46.0 Å². The molecule has 0 bridgehead atoms. The Hall–Kier alpha value is -1.26. The molecule has 1 N–H and O–H groups in total. The van der Waals surface area contributed by atoms with Crippen LogP contribution in [-0.2, 0) is 6.42 Å². The Morgan fingerprint density at radius 3 is 2.81 bits per heavy atom. The van der Waals surface area contributed by atoms with Crippen molar-refractivity contribution in [1.82, 2.24) is 9.97 Å². The number of aromatic nitrogens is 2. The SMILES string of the molecule is Cc1cncc(C(O)Cc2nc(C)cs2)c1. The van der Waals surface area contributed by atoms with E-state index in [1.54, 1.807) is 23.7 Å². The van der Waals surface area contributed by atoms with Crippen LogP contribution in [0.15, 0.2) is 23.8 Å². The first-order chi connectivity index (χ1) is 7.65. The molecule has 0 aromatic carbocycles. The Kier molecular flexibility index (Phi) is 3.31. The maximum atomic E-state index is 10.0. The summed E-state index contributed by atoms with van der Waals surface area (Å²) in [6, 6.07) is 1.96. The third kappa shape index (κ3) is 2.65. The highest BCUT2D eigenvalue weighted by Crippen LogP contribution is 2.20. The van der Waals surface area contributed by atoms with Gasteiger partial charge >= 0.3 is 0 Å². The summed E-state index contributed by atoms with van der Waals surface area (Å²) in [6.45, 7) is 3.93. The van der Waals surface area contributed by atoms with Gasteiger partial charge in [0.15, 0.2) is 0 Å². The van der Waals surface area contributed by atoms with E-state index in [4.69, 9.17) is 0 Å². The van der Waals surface area contributed by atoms with Crippen molar-refractivity contribution in [3.8, 4) is 0 Å². The van der Waals surface area contributed by atoms with Gasteiger partial charge in [0.2, 0.25) is 0 Å². The summed E-state index contributed by atoms with van der Waals surface area (Å²) < 4.78 is 0. The number of rotatable bonds is 3. The molecule has 2 rings (SSSR count). The van der Waals surface area contributed by atoms with Crippen LogP contribution < -0.4 is 0 Å². The van der Waals surface area contributed by atoms with E-state index in [-0.39, 0.29) is 0 Å². The average Bonchev–Trinajstić information content (AvgIpc) is 2.64. The van der Waals surface area contributed by atoms with E-state index < -0.39 is 6.10 Å². The van der Waals surface area contributed by atoms with Gasteiger partial charge in [0.25, 0.3) is 0 Å². The van der Waals surface area contributed by atoms with Gasteiger partial charge in [0, 0.05) is 29.9 Å². The Morgan fingerprint density at radius 1 is 1.38 bits per heavy atom. The Morgan fingerprint density at radius 2 is 2.19 bits per heavy atom. The van der Waals surface area contributed by atoms with Gasteiger partial charge < -0.3 is 5.11 Å². The highest BCUT2D eigenvalue weighted by atomic mass is 32.1. The second kappa shape index (κ2) is 4.72. The zero-order valence-electron chi connectivity index (χ0n) is 9.34. The summed E-state index contributed by atoms with van der Waals surface area (Å²) in [5.41, 5.74) is 2.93. The summed E-state index contributed by atoms with van der Waals surface area (Å²) in [7, 11) is 0. The number of aryl methyl sites for hydroxylation is 2. The van der Waals surface area contributed by atoms with Crippen molar-refractivity contribution in [3.63, 3.8) is 0 Å². The van der Waals surface area contributed by atoms with Crippen LogP contribution >= 0.6 is 11.3 Å². The summed E-state index contributed by atoms with van der Waals surface area (Å²) in [5, 5.41) is 13.0. The van der Waals surface area contributed by atoms with Gasteiger partial charge in [-0.15, -0.1) is 11.3 Å². The standard InChI is InChI=1S/C12H14N2OS/c1-8-3-10(6-13-5-8)11(15)4-12-14-9(2)7-16-12/h3,5-7,11,15H,4H2,1-2H3. The van der Waals surface area contributed by atoms with Crippen molar-refractivity contribution in [1.29, 1.82) is 0 Å². The van der Waals surface area contributed by atoms with Gasteiger partial charge in [0.1, 0.15) is 0 Å². The molecule has 2 aromatic rings. The van der Waals surface area contributed by atoms with E-state index in [0.717, 1.165) is 21.8 Å². The monoisotopic (exact) mass is 234 g/mol. The van der Waals surface area contributed by atoms with Crippen LogP contribution in [0.3, 0.4) is 0 Å². The zero-order chi connectivity index (χ0) is 11.5. The van der Waals surface area contributed by atoms with Crippen LogP contribution in [0, 0.1) is 13.8 Å². The van der Waals surface area contributed by atoms with Crippen LogP contribution in [0.2, 0.25) is 0 Å². The minimum atomic E-state index is -0.516. The molecule has 1 atom stereocenters. The van der Waals surface area contributed by atoms with E-state index in [2.05, 4.69) is 9.97 Å². The minimum Gasteiger partial charge on any atom is -0.388 e. The van der Waals surface area contributed by atoms with Gasteiger partial charge in [-0.1, -0.05) is 6.07 Å². The highest BCUT2D eigenvalue weighted by Gasteiger charge is 2.11. The quantitative estimate of drug-likeness (QED) is 0.887. The fourth-order valence-corrected chi connectivity index (χ4v) is 2.35. The lowest BCUT2D eigenvalue weighted by molar-refractivity contribution is 0.178. The van der Waals surface area contributed by atoms with Crippen LogP contribution in [0.4, 0.5) is 0 Å². The first kappa shape index (κ1) is 11.2. The van der Waals surface area contributed by atoms with Gasteiger partial charge in [-0.2, -0.15) is 0 Å². The van der Waals surface area contributed by atoms with Gasteiger partial charge in [-0.25, -0.2) is 4.98 Å². The van der Waals surface area contributed by atoms with Crippen LogP contribution in [0.25, 0.3) is 0 Å². The van der Waals surface area contributed by atoms with Crippen LogP contribution in [-0.4, -0.2) is 15.1 Å². The molecule has 1 unspecified atom stereocenters. The van der Waals surface area contributed by atoms with Crippen LogP contribution in [0.5, 0.6) is 0 Å². The fraction of sp³-hybridized carbons (Fsp3) is 0.333. The molecule has 0 amide bonds. The highest BCUT2D eigenvalue weighted by molar-refractivity contribution is 7.09. The Labute approximate surface area is 98.8 Å². The van der Waals surface area contributed by atoms with E-state index >= 15 is 0 Å². The number of aliphatic hydroxyl groups excluding tert-OH is 1. The molecule has 16 heavy (non-hydrogen) atoms. The van der Waals surface area contributed by atoms with Crippen LogP contribution in [0.1, 0.15) is 27.9 Å². The van der Waals surface area contributed by atoms with E-state index in [9.17, 15) is 5.11 Å². The largest absolute Gasteiger partial charge is 0.388 e. The number of hydrogen-bond donors (Lipinski definition) is 1. The predicted octanol–water partition coefficient (Wildman–Crippen LogP) is 2.43. The second-order valence-electron chi connectivity index (χ2n) is 3.90. The van der Waals surface area contributed by atoms with Crippen molar-refractivity contribution < 1.29 is 5.11 Å². The van der Waals surface area contributed by atoms with E-state index in [1.165, 1.54) is 0 Å². The molecule has 0 spiro atoms. The predicted molar refractivity (Wildman–Crippen MR) is 64.5 cm³/mol. The summed E-state index contributed by atoms with van der Waals surface area (Å²) in [5.74, 6) is 0. The summed E-state index contributed by atoms with van der Waals surface area (Å²) in [4.78, 5) is 8.41. The molecule has 4 heteroatoms. The Balaban J connectivity index is 2.11. The summed E-state index contributed by atoms with van der Waals surface area (Å²) >= 11 is 1.59. The lowest BCUT2D eigenvalue weighted by Gasteiger charge is -2.09. The average molecular weight is 234 g/mol. The molecule has 84 valence electrons. The smallest absolute Gasteiger partial charge is 0.0957 e. The summed E-state index contributed by atoms with van der Waals surface area (Å²) in [6.07, 6.45) is 3.53. The van der Waals surface area contributed by atoms with Crippen molar-refractivity contribution in [2.24, 2.45) is 0 Å². The number of pyridine rings is 1. The molecule has 0 aliphatic carbocycles. The lowest BCUT2D eigenvalue weighted by atomic mass is 10.1. The van der Waals surface area contributed by atoms with Gasteiger partial charge in [-0.05, 0) is 25.0 Å².